The number of aliphatic imine (C=N–C) groups is 2. The van der Waals surface area contributed by atoms with Gasteiger partial charge in [-0.25, -0.2) is 0 Å². The largest absolute Gasteiger partial charge is 0.875 e. The third-order valence-corrected chi connectivity index (χ3v) is 6.61. The van der Waals surface area contributed by atoms with Crippen molar-refractivity contribution in [3.05, 3.63) is 91.4 Å². The second kappa shape index (κ2) is 12.6. The van der Waals surface area contributed by atoms with Crippen LogP contribution < -0.4 is 10.2 Å². The van der Waals surface area contributed by atoms with Gasteiger partial charge in [0.2, 0.25) is 0 Å². The summed E-state index contributed by atoms with van der Waals surface area (Å²) in [6.07, 6.45) is 2.69. The molecule has 202 valence electrons. The first-order valence-electron chi connectivity index (χ1n) is 12.6. The van der Waals surface area contributed by atoms with Crippen molar-refractivity contribution in [3.8, 4) is 0 Å². The van der Waals surface area contributed by atoms with Crippen LogP contribution >= 0.6 is 0 Å². The summed E-state index contributed by atoms with van der Waals surface area (Å²) in [4.78, 5) is 34.1. The average Bonchev–Trinajstić information content (AvgIpc) is 2.74. The van der Waals surface area contributed by atoms with Gasteiger partial charge in [0.1, 0.15) is 12.1 Å². The Morgan fingerprint density at radius 2 is 0.868 bits per heavy atom. The number of carbonyl (C=O) groups excluding carboxylic acids is 2. The molecule has 0 aliphatic rings. The number of aryl methyl sites for hydroxylation is 6. The van der Waals surface area contributed by atoms with Crippen molar-refractivity contribution >= 4 is 24.0 Å². The standard InChI is InChI=1S/C32H40N2O4/c1-17-11-19(3)29(20(4)12-17)31(33-15-27(23(7)35)24(8)36)32(34-16-28(25(9)37)26(10)38)30-21(5)13-18(2)14-22(30)6/h11-16,31-32,35,37H,1-10H3/p-2/b27-23+,28-25+,33-15?,34-16?/t31-,32-/m0/s1. The summed E-state index contributed by atoms with van der Waals surface area (Å²) in [5, 5.41) is 24.4. The van der Waals surface area contributed by atoms with Crippen molar-refractivity contribution in [2.45, 2.75) is 81.3 Å². The van der Waals surface area contributed by atoms with Gasteiger partial charge in [0.15, 0.2) is 11.6 Å². The van der Waals surface area contributed by atoms with Crippen LogP contribution in [0.3, 0.4) is 0 Å². The fourth-order valence-electron chi connectivity index (χ4n) is 5.11. The first kappa shape index (κ1) is 30.4. The molecule has 0 spiro atoms. The summed E-state index contributed by atoms with van der Waals surface area (Å²) in [5.74, 6) is -1.49. The summed E-state index contributed by atoms with van der Waals surface area (Å²) in [6, 6.07) is 6.96. The van der Waals surface area contributed by atoms with Crippen molar-refractivity contribution in [2.75, 3.05) is 0 Å². The molecular formula is C32H38N2O4-2. The van der Waals surface area contributed by atoms with Crippen LogP contribution in [-0.2, 0) is 9.59 Å². The fourth-order valence-corrected chi connectivity index (χ4v) is 5.11. The van der Waals surface area contributed by atoms with E-state index in [1.54, 1.807) is 0 Å². The molecule has 0 saturated carbocycles. The van der Waals surface area contributed by atoms with Gasteiger partial charge in [-0.2, -0.15) is 0 Å². The molecule has 0 bridgehead atoms. The van der Waals surface area contributed by atoms with Crippen LogP contribution in [0.4, 0.5) is 0 Å². The molecule has 0 aromatic heterocycles. The van der Waals surface area contributed by atoms with Crippen molar-refractivity contribution in [1.29, 1.82) is 0 Å². The van der Waals surface area contributed by atoms with E-state index in [9.17, 15) is 19.8 Å². The van der Waals surface area contributed by atoms with Gasteiger partial charge < -0.3 is 10.2 Å². The number of rotatable bonds is 9. The minimum atomic E-state index is -0.638. The van der Waals surface area contributed by atoms with E-state index in [4.69, 9.17) is 9.98 Å². The SMILES string of the molecule is CC(=O)/C(C=N[C@@H](c1c(C)cc(C)cc1C)[C@@H](N=C/C(C(C)=O)=C(/C)[O-])c1c(C)cc(C)cc1C)=C(\C)[O-]. The lowest BCUT2D eigenvalue weighted by molar-refractivity contribution is -0.303. The Morgan fingerprint density at radius 3 is 1.08 bits per heavy atom. The summed E-state index contributed by atoms with van der Waals surface area (Å²) >= 11 is 0. The van der Waals surface area contributed by atoms with Crippen LogP contribution in [0.25, 0.3) is 0 Å². The maximum absolute atomic E-state index is 12.2. The maximum Gasteiger partial charge on any atom is 0.160 e. The molecule has 2 aromatic carbocycles. The van der Waals surface area contributed by atoms with Gasteiger partial charge in [-0.3, -0.25) is 19.6 Å². The minimum Gasteiger partial charge on any atom is -0.875 e. The molecule has 0 heterocycles. The molecule has 2 atom stereocenters. The molecule has 0 saturated heterocycles. The summed E-state index contributed by atoms with van der Waals surface area (Å²) < 4.78 is 0. The number of ketones is 2. The highest BCUT2D eigenvalue weighted by molar-refractivity contribution is 6.13. The maximum atomic E-state index is 12.2. The topological polar surface area (TPSA) is 105 Å². The number of hydrogen-bond donors (Lipinski definition) is 0. The molecule has 0 aliphatic heterocycles. The van der Waals surface area contributed by atoms with Gasteiger partial charge in [-0.05, 0) is 88.8 Å². The predicted molar refractivity (Wildman–Crippen MR) is 151 cm³/mol. The van der Waals surface area contributed by atoms with Crippen LogP contribution in [0.15, 0.2) is 56.9 Å². The highest BCUT2D eigenvalue weighted by atomic mass is 16.3. The number of benzene rings is 2. The number of nitrogens with zero attached hydrogens (tertiary/aromatic N) is 2. The molecule has 38 heavy (non-hydrogen) atoms. The molecular weight excluding hydrogens is 476 g/mol. The fraction of sp³-hybridized carbons (Fsp3) is 0.375. The van der Waals surface area contributed by atoms with E-state index in [0.717, 1.165) is 44.5 Å². The third kappa shape index (κ3) is 7.15. The Hall–Kier alpha value is -3.80. The first-order valence-corrected chi connectivity index (χ1v) is 12.6. The van der Waals surface area contributed by atoms with E-state index < -0.39 is 12.1 Å². The van der Waals surface area contributed by atoms with Crippen LogP contribution in [0.1, 0.15) is 84.3 Å². The molecule has 0 fully saturated rings. The van der Waals surface area contributed by atoms with E-state index in [1.807, 2.05) is 41.5 Å². The van der Waals surface area contributed by atoms with E-state index in [2.05, 4.69) is 24.3 Å². The van der Waals surface area contributed by atoms with Gasteiger partial charge in [0.25, 0.3) is 0 Å². The van der Waals surface area contributed by atoms with E-state index in [1.165, 1.54) is 40.1 Å². The predicted octanol–water partition coefficient (Wildman–Crippen LogP) is 4.91. The summed E-state index contributed by atoms with van der Waals surface area (Å²) in [6.45, 7) is 17.4. The van der Waals surface area contributed by atoms with Crippen molar-refractivity contribution < 1.29 is 19.8 Å². The highest BCUT2D eigenvalue weighted by Gasteiger charge is 2.29. The third-order valence-electron chi connectivity index (χ3n) is 6.61. The molecule has 6 heteroatoms. The van der Waals surface area contributed by atoms with Gasteiger partial charge in [0.05, 0.1) is 0 Å². The number of hydrogen-bond acceptors (Lipinski definition) is 6. The number of allylic oxidation sites excluding steroid dienone is 4. The summed E-state index contributed by atoms with van der Waals surface area (Å²) in [5.41, 5.74) is 7.95. The van der Waals surface area contributed by atoms with Crippen LogP contribution in [0, 0.1) is 41.5 Å². The molecule has 6 nitrogen and oxygen atoms in total. The zero-order chi connectivity index (χ0) is 28.9. The van der Waals surface area contributed by atoms with Gasteiger partial charge in [-0.15, -0.1) is 11.5 Å². The zero-order valence-electron chi connectivity index (χ0n) is 24.1. The monoisotopic (exact) mass is 514 g/mol. The van der Waals surface area contributed by atoms with E-state index in [-0.39, 0.29) is 34.2 Å². The van der Waals surface area contributed by atoms with E-state index in [0.29, 0.717) is 0 Å². The van der Waals surface area contributed by atoms with Gasteiger partial charge >= 0.3 is 0 Å². The zero-order valence-corrected chi connectivity index (χ0v) is 24.1. The second-order valence-corrected chi connectivity index (χ2v) is 10.1. The van der Waals surface area contributed by atoms with Crippen LogP contribution in [-0.4, -0.2) is 24.0 Å². The molecule has 0 N–H and O–H groups in total. The lowest BCUT2D eigenvalue weighted by Gasteiger charge is -2.28. The molecule has 2 aromatic rings. The van der Waals surface area contributed by atoms with Crippen molar-refractivity contribution in [2.24, 2.45) is 9.98 Å². The summed E-state index contributed by atoms with van der Waals surface area (Å²) in [7, 11) is 0. The minimum absolute atomic E-state index is 0.00257. The van der Waals surface area contributed by atoms with Gasteiger partial charge in [-0.1, -0.05) is 49.2 Å². The first-order chi connectivity index (χ1) is 17.6. The molecule has 2 rings (SSSR count). The van der Waals surface area contributed by atoms with Crippen LogP contribution in [0.5, 0.6) is 0 Å². The molecule has 0 radical (unpaired) electrons. The lowest BCUT2D eigenvalue weighted by Crippen LogP contribution is -2.17. The Kier molecular flexibility index (Phi) is 10.1. The molecule has 0 aliphatic carbocycles. The number of Topliss-reactive ketones (excluding diaryl/α,β-unsaturated/α-hetero) is 2. The average molecular weight is 515 g/mol. The van der Waals surface area contributed by atoms with Crippen molar-refractivity contribution in [3.63, 3.8) is 0 Å². The van der Waals surface area contributed by atoms with Crippen molar-refractivity contribution in [1.82, 2.24) is 0 Å². The van der Waals surface area contributed by atoms with Gasteiger partial charge in [0, 0.05) is 23.6 Å². The van der Waals surface area contributed by atoms with Crippen LogP contribution in [0.2, 0.25) is 0 Å². The quantitative estimate of drug-likeness (QED) is 0.269. The Labute approximate surface area is 226 Å². The smallest absolute Gasteiger partial charge is 0.160 e. The molecule has 0 amide bonds. The number of carbonyl (C=O) groups is 2. The Balaban J connectivity index is 3.01. The highest BCUT2D eigenvalue weighted by Crippen LogP contribution is 2.41. The second-order valence-electron chi connectivity index (χ2n) is 10.1. The normalized spacial score (nSPS) is 14.9. The Morgan fingerprint density at radius 1 is 0.605 bits per heavy atom. The lowest BCUT2D eigenvalue weighted by atomic mass is 9.84. The van der Waals surface area contributed by atoms with E-state index >= 15 is 0 Å². The Bertz CT molecular complexity index is 1220. The molecule has 0 unspecified atom stereocenters.